The Morgan fingerprint density at radius 2 is 2.03 bits per heavy atom. The summed E-state index contributed by atoms with van der Waals surface area (Å²) in [5, 5.41) is 2.89. The van der Waals surface area contributed by atoms with Crippen LogP contribution in [0.5, 0.6) is 0 Å². The number of ether oxygens (including phenoxy) is 1. The number of thioether (sulfide) groups is 1. The first-order chi connectivity index (χ1) is 14.1. The number of carbonyl (C=O) groups excluding carboxylic acids is 2. The highest BCUT2D eigenvalue weighted by atomic mass is 32.2. The Kier molecular flexibility index (Phi) is 7.47. The van der Waals surface area contributed by atoms with Gasteiger partial charge < -0.3 is 14.5 Å². The lowest BCUT2D eigenvalue weighted by atomic mass is 10.2. The van der Waals surface area contributed by atoms with E-state index in [4.69, 9.17) is 4.74 Å². The molecule has 2 heterocycles. The number of hydrogen-bond acceptors (Lipinski definition) is 5. The number of anilines is 1. The fourth-order valence-electron chi connectivity index (χ4n) is 2.65. The molecule has 0 atom stereocenters. The normalized spacial score (nSPS) is 11.1. The largest absolute Gasteiger partial charge is 0.463 e. The Morgan fingerprint density at radius 3 is 2.79 bits per heavy atom. The molecule has 29 heavy (non-hydrogen) atoms. The molecule has 0 spiro atoms. The number of pyridine rings is 1. The number of amides is 1. The maximum atomic E-state index is 12.1. The summed E-state index contributed by atoms with van der Waals surface area (Å²) in [6.45, 7) is 2.12. The second kappa shape index (κ2) is 10.5. The predicted molar refractivity (Wildman–Crippen MR) is 117 cm³/mol. The van der Waals surface area contributed by atoms with Crippen molar-refractivity contribution in [2.24, 2.45) is 0 Å². The molecule has 0 aliphatic carbocycles. The Labute approximate surface area is 174 Å². The number of esters is 1. The van der Waals surface area contributed by atoms with Crippen molar-refractivity contribution in [1.82, 2.24) is 9.38 Å². The van der Waals surface area contributed by atoms with Crippen LogP contribution in [0.2, 0.25) is 0 Å². The van der Waals surface area contributed by atoms with Crippen LogP contribution in [0.25, 0.3) is 11.7 Å². The lowest BCUT2D eigenvalue weighted by Gasteiger charge is -2.05. The number of imidazole rings is 1. The highest BCUT2D eigenvalue weighted by molar-refractivity contribution is 7.98. The Bertz CT molecular complexity index is 963. The fraction of sp³-hybridized carbons (Fsp3) is 0.227. The van der Waals surface area contributed by atoms with Crippen molar-refractivity contribution in [3.8, 4) is 0 Å². The molecule has 7 heteroatoms. The van der Waals surface area contributed by atoms with Gasteiger partial charge in [0, 0.05) is 42.1 Å². The smallest absolute Gasteiger partial charge is 0.330 e. The van der Waals surface area contributed by atoms with E-state index < -0.39 is 0 Å². The quantitative estimate of drug-likeness (QED) is 0.326. The maximum Gasteiger partial charge on any atom is 0.330 e. The van der Waals surface area contributed by atoms with Gasteiger partial charge in [0.2, 0.25) is 5.91 Å². The van der Waals surface area contributed by atoms with E-state index in [0.29, 0.717) is 13.0 Å². The van der Waals surface area contributed by atoms with E-state index in [-0.39, 0.29) is 11.9 Å². The van der Waals surface area contributed by atoms with Crippen LogP contribution in [0.3, 0.4) is 0 Å². The molecule has 0 unspecified atom stereocenters. The van der Waals surface area contributed by atoms with Crippen LogP contribution in [0.4, 0.5) is 5.69 Å². The molecule has 1 amide bonds. The van der Waals surface area contributed by atoms with Crippen LogP contribution in [-0.2, 0) is 20.1 Å². The number of hydrogen-bond donors (Lipinski definition) is 1. The van der Waals surface area contributed by atoms with Gasteiger partial charge in [-0.2, -0.15) is 11.8 Å². The summed E-state index contributed by atoms with van der Waals surface area (Å²) in [5.74, 6) is 1.10. The van der Waals surface area contributed by atoms with Crippen LogP contribution in [0.15, 0.2) is 60.9 Å². The minimum absolute atomic E-state index is 0.0256. The van der Waals surface area contributed by atoms with Gasteiger partial charge in [-0.3, -0.25) is 4.79 Å². The number of nitrogens with one attached hydrogen (secondary N) is 1. The molecule has 3 aromatic rings. The molecule has 0 fully saturated rings. The standard InChI is InChI=1S/C22H23N3O3S/c1-2-28-22(27)11-8-17-6-9-18(10-7-17)24-21(26)12-14-29-16-19-15-25-13-4-3-5-20(25)23-19/h3-11,13,15H,2,12,14,16H2,1H3,(H,24,26)/b11-8+. The molecule has 0 bridgehead atoms. The summed E-state index contributed by atoms with van der Waals surface area (Å²) in [6, 6.07) is 13.2. The third kappa shape index (κ3) is 6.50. The highest BCUT2D eigenvalue weighted by Gasteiger charge is 2.05. The zero-order chi connectivity index (χ0) is 20.5. The third-order valence-corrected chi connectivity index (χ3v) is 5.02. The van der Waals surface area contributed by atoms with Crippen molar-refractivity contribution in [2.45, 2.75) is 19.1 Å². The fourth-order valence-corrected chi connectivity index (χ4v) is 3.48. The molecule has 2 aromatic heterocycles. The Morgan fingerprint density at radius 1 is 1.21 bits per heavy atom. The molecule has 6 nitrogen and oxygen atoms in total. The molecular formula is C22H23N3O3S. The zero-order valence-electron chi connectivity index (χ0n) is 16.2. The summed E-state index contributed by atoms with van der Waals surface area (Å²) in [5.41, 5.74) is 3.53. The van der Waals surface area contributed by atoms with Crippen molar-refractivity contribution in [3.05, 3.63) is 72.2 Å². The minimum Gasteiger partial charge on any atom is -0.463 e. The molecule has 0 saturated carbocycles. The number of fused-ring (bicyclic) bond motifs is 1. The average molecular weight is 410 g/mol. The van der Waals surface area contributed by atoms with Gasteiger partial charge in [-0.05, 0) is 42.8 Å². The molecular weight excluding hydrogens is 386 g/mol. The van der Waals surface area contributed by atoms with Gasteiger partial charge in [0.15, 0.2) is 0 Å². The molecule has 0 aliphatic rings. The minimum atomic E-state index is -0.369. The van der Waals surface area contributed by atoms with Crippen molar-refractivity contribution in [3.63, 3.8) is 0 Å². The lowest BCUT2D eigenvalue weighted by Crippen LogP contribution is -2.12. The van der Waals surface area contributed by atoms with Gasteiger partial charge in [0.1, 0.15) is 5.65 Å². The van der Waals surface area contributed by atoms with Crippen molar-refractivity contribution < 1.29 is 14.3 Å². The van der Waals surface area contributed by atoms with Gasteiger partial charge in [0.05, 0.1) is 12.3 Å². The van der Waals surface area contributed by atoms with Gasteiger partial charge in [-0.25, -0.2) is 9.78 Å². The molecule has 150 valence electrons. The molecule has 1 aromatic carbocycles. The van der Waals surface area contributed by atoms with E-state index in [2.05, 4.69) is 10.3 Å². The number of benzene rings is 1. The second-order valence-corrected chi connectivity index (χ2v) is 7.36. The van der Waals surface area contributed by atoms with Gasteiger partial charge in [-0.15, -0.1) is 0 Å². The first kappa shape index (κ1) is 20.7. The summed E-state index contributed by atoms with van der Waals surface area (Å²) in [6.07, 6.45) is 7.49. The Hall–Kier alpha value is -3.06. The van der Waals surface area contributed by atoms with Crippen LogP contribution in [0.1, 0.15) is 24.6 Å². The molecule has 0 radical (unpaired) electrons. The van der Waals surface area contributed by atoms with Crippen LogP contribution >= 0.6 is 11.8 Å². The van der Waals surface area contributed by atoms with E-state index in [0.717, 1.165) is 34.1 Å². The molecule has 0 aliphatic heterocycles. The van der Waals surface area contributed by atoms with Crippen LogP contribution in [-0.4, -0.2) is 33.6 Å². The summed E-state index contributed by atoms with van der Waals surface area (Å²) < 4.78 is 6.83. The summed E-state index contributed by atoms with van der Waals surface area (Å²) in [7, 11) is 0. The molecule has 0 saturated heterocycles. The molecule has 3 rings (SSSR count). The maximum absolute atomic E-state index is 12.1. The average Bonchev–Trinajstić information content (AvgIpc) is 3.14. The van der Waals surface area contributed by atoms with E-state index >= 15 is 0 Å². The van der Waals surface area contributed by atoms with Crippen LogP contribution < -0.4 is 5.32 Å². The summed E-state index contributed by atoms with van der Waals surface area (Å²) in [4.78, 5) is 28.0. The lowest BCUT2D eigenvalue weighted by molar-refractivity contribution is -0.137. The number of carbonyl (C=O) groups is 2. The number of nitrogens with zero attached hydrogens (tertiary/aromatic N) is 2. The topological polar surface area (TPSA) is 72.7 Å². The number of rotatable bonds is 9. The SMILES string of the molecule is CCOC(=O)/C=C/c1ccc(NC(=O)CCSCc2cn3ccccc3n2)cc1. The van der Waals surface area contributed by atoms with Crippen molar-refractivity contribution >= 4 is 41.0 Å². The predicted octanol–water partition coefficient (Wildman–Crippen LogP) is 4.17. The van der Waals surface area contributed by atoms with Gasteiger partial charge in [0.25, 0.3) is 0 Å². The monoisotopic (exact) mass is 409 g/mol. The van der Waals surface area contributed by atoms with Crippen molar-refractivity contribution in [1.29, 1.82) is 0 Å². The van der Waals surface area contributed by atoms with E-state index in [1.807, 2.05) is 59.3 Å². The second-order valence-electron chi connectivity index (χ2n) is 6.26. The first-order valence-corrected chi connectivity index (χ1v) is 10.5. The van der Waals surface area contributed by atoms with E-state index in [1.165, 1.54) is 6.08 Å². The van der Waals surface area contributed by atoms with E-state index in [9.17, 15) is 9.59 Å². The van der Waals surface area contributed by atoms with Gasteiger partial charge >= 0.3 is 5.97 Å². The molecule has 1 N–H and O–H groups in total. The number of aromatic nitrogens is 2. The first-order valence-electron chi connectivity index (χ1n) is 9.39. The van der Waals surface area contributed by atoms with E-state index in [1.54, 1.807) is 24.8 Å². The Balaban J connectivity index is 1.39. The highest BCUT2D eigenvalue weighted by Crippen LogP contribution is 2.15. The summed E-state index contributed by atoms with van der Waals surface area (Å²) >= 11 is 1.69. The van der Waals surface area contributed by atoms with Crippen LogP contribution in [0, 0.1) is 0 Å². The third-order valence-electron chi connectivity index (χ3n) is 4.03. The van der Waals surface area contributed by atoms with Gasteiger partial charge in [-0.1, -0.05) is 18.2 Å². The van der Waals surface area contributed by atoms with Crippen molar-refractivity contribution in [2.75, 3.05) is 17.7 Å². The zero-order valence-corrected chi connectivity index (χ0v) is 17.0.